The lowest BCUT2D eigenvalue weighted by atomic mass is 10.1. The summed E-state index contributed by atoms with van der Waals surface area (Å²) in [6.07, 6.45) is 6.86. The molecule has 2 aromatic heterocycles. The van der Waals surface area contributed by atoms with Crippen molar-refractivity contribution in [3.8, 4) is 11.4 Å². The molecule has 0 bridgehead atoms. The Bertz CT molecular complexity index is 1230. The smallest absolute Gasteiger partial charge is 0.341 e. The number of amides is 1. The third-order valence-corrected chi connectivity index (χ3v) is 8.07. The maximum atomic E-state index is 12.9. The van der Waals surface area contributed by atoms with Crippen molar-refractivity contribution in [2.24, 2.45) is 0 Å². The summed E-state index contributed by atoms with van der Waals surface area (Å²) in [6.45, 7) is 8.52. The zero-order valence-electron chi connectivity index (χ0n) is 20.1. The fraction of sp³-hybridized carbons (Fsp3) is 0.385. The Hall–Kier alpha value is -2.91. The molecular weight excluding hydrogens is 480 g/mol. The Morgan fingerprint density at radius 3 is 2.80 bits per heavy atom. The van der Waals surface area contributed by atoms with Crippen LogP contribution in [0.4, 0.5) is 5.00 Å². The van der Waals surface area contributed by atoms with Gasteiger partial charge in [0.1, 0.15) is 5.00 Å². The van der Waals surface area contributed by atoms with Gasteiger partial charge in [0.05, 0.1) is 17.9 Å². The van der Waals surface area contributed by atoms with Gasteiger partial charge in [0.15, 0.2) is 11.0 Å². The highest BCUT2D eigenvalue weighted by Gasteiger charge is 2.27. The van der Waals surface area contributed by atoms with Gasteiger partial charge in [-0.1, -0.05) is 48.5 Å². The van der Waals surface area contributed by atoms with Crippen molar-refractivity contribution in [3.05, 3.63) is 58.5 Å². The molecule has 35 heavy (non-hydrogen) atoms. The number of hydrogen-bond acceptors (Lipinski definition) is 7. The van der Waals surface area contributed by atoms with E-state index in [4.69, 9.17) is 4.74 Å². The molecule has 1 N–H and O–H groups in total. The first-order valence-corrected chi connectivity index (χ1v) is 13.7. The predicted octanol–water partition coefficient (Wildman–Crippen LogP) is 5.68. The van der Waals surface area contributed by atoms with E-state index < -0.39 is 0 Å². The highest BCUT2D eigenvalue weighted by molar-refractivity contribution is 7.99. The quantitative estimate of drug-likeness (QED) is 0.173. The Balaban J connectivity index is 1.52. The Morgan fingerprint density at radius 1 is 1.23 bits per heavy atom. The van der Waals surface area contributed by atoms with Gasteiger partial charge in [-0.2, -0.15) is 0 Å². The third kappa shape index (κ3) is 5.67. The van der Waals surface area contributed by atoms with Crippen LogP contribution in [0, 0.1) is 6.92 Å². The minimum atomic E-state index is -0.358. The molecule has 3 aromatic rings. The molecule has 2 heterocycles. The molecule has 1 aliphatic carbocycles. The van der Waals surface area contributed by atoms with Gasteiger partial charge in [0.2, 0.25) is 5.91 Å². The molecule has 0 radical (unpaired) electrons. The summed E-state index contributed by atoms with van der Waals surface area (Å²) in [5, 5.41) is 12.9. The number of aryl methyl sites for hydroxylation is 2. The number of thioether (sulfide) groups is 1. The average Bonchev–Trinajstić information content (AvgIpc) is 3.30. The van der Waals surface area contributed by atoms with Gasteiger partial charge in [-0.3, -0.25) is 9.36 Å². The van der Waals surface area contributed by atoms with Crippen molar-refractivity contribution in [2.45, 2.75) is 57.7 Å². The summed E-state index contributed by atoms with van der Waals surface area (Å²) in [5.41, 5.74) is 3.67. The lowest BCUT2D eigenvalue weighted by Crippen LogP contribution is -2.17. The van der Waals surface area contributed by atoms with Crippen LogP contribution in [0.2, 0.25) is 0 Å². The first-order chi connectivity index (χ1) is 17.0. The molecule has 9 heteroatoms. The number of aromatic nitrogens is 3. The standard InChI is InChI=1S/C26H30N4O3S2/c1-4-15-30-23(18-12-10-9-11-17(18)3)28-29-26(30)34-16-21(31)27-24-22(25(32)33-5-2)19-13-7-6-8-14-20(19)35-24/h4,9-12H,1,5-8,13-16H2,2-3H3,(H,27,31). The number of hydrogen-bond donors (Lipinski definition) is 1. The van der Waals surface area contributed by atoms with Gasteiger partial charge < -0.3 is 10.1 Å². The molecular formula is C26H30N4O3S2. The van der Waals surface area contributed by atoms with E-state index in [9.17, 15) is 9.59 Å². The van der Waals surface area contributed by atoms with Crippen molar-refractivity contribution in [1.29, 1.82) is 0 Å². The van der Waals surface area contributed by atoms with E-state index in [1.165, 1.54) is 28.0 Å². The monoisotopic (exact) mass is 510 g/mol. The van der Waals surface area contributed by atoms with Crippen molar-refractivity contribution in [3.63, 3.8) is 0 Å². The SMILES string of the molecule is C=CCn1c(SCC(=O)Nc2sc3c(c2C(=O)OCC)CCCCC3)nnc1-c1ccccc1C. The fourth-order valence-corrected chi connectivity index (χ4v) is 6.30. The predicted molar refractivity (Wildman–Crippen MR) is 141 cm³/mol. The van der Waals surface area contributed by atoms with Crippen LogP contribution in [0.1, 0.15) is 52.5 Å². The molecule has 0 aliphatic heterocycles. The number of rotatable bonds is 9. The molecule has 0 unspecified atom stereocenters. The second-order valence-electron chi connectivity index (χ2n) is 8.35. The van der Waals surface area contributed by atoms with Gasteiger partial charge in [0.25, 0.3) is 0 Å². The summed E-state index contributed by atoms with van der Waals surface area (Å²) >= 11 is 2.82. The largest absolute Gasteiger partial charge is 0.462 e. The lowest BCUT2D eigenvalue weighted by molar-refractivity contribution is -0.113. The molecule has 0 atom stereocenters. The molecule has 1 amide bonds. The minimum Gasteiger partial charge on any atom is -0.462 e. The van der Waals surface area contributed by atoms with E-state index in [2.05, 4.69) is 22.1 Å². The number of benzene rings is 1. The molecule has 7 nitrogen and oxygen atoms in total. The number of nitrogens with zero attached hydrogens (tertiary/aromatic N) is 3. The molecule has 4 rings (SSSR count). The van der Waals surface area contributed by atoms with Gasteiger partial charge in [-0.15, -0.1) is 28.1 Å². The summed E-state index contributed by atoms with van der Waals surface area (Å²) in [7, 11) is 0. The van der Waals surface area contributed by atoms with Gasteiger partial charge >= 0.3 is 5.97 Å². The van der Waals surface area contributed by atoms with Crippen LogP contribution in [0.15, 0.2) is 42.1 Å². The van der Waals surface area contributed by atoms with E-state index in [0.29, 0.717) is 28.9 Å². The highest BCUT2D eigenvalue weighted by Crippen LogP contribution is 2.38. The Kier molecular flexibility index (Phi) is 8.41. The van der Waals surface area contributed by atoms with Crippen molar-refractivity contribution >= 4 is 40.0 Å². The summed E-state index contributed by atoms with van der Waals surface area (Å²) in [4.78, 5) is 26.9. The third-order valence-electron chi connectivity index (χ3n) is 5.90. The van der Waals surface area contributed by atoms with E-state index >= 15 is 0 Å². The molecule has 184 valence electrons. The second kappa shape index (κ2) is 11.7. The zero-order chi connectivity index (χ0) is 24.8. The van der Waals surface area contributed by atoms with Crippen LogP contribution < -0.4 is 5.32 Å². The molecule has 0 saturated carbocycles. The van der Waals surface area contributed by atoms with Crippen LogP contribution >= 0.6 is 23.1 Å². The van der Waals surface area contributed by atoms with E-state index in [0.717, 1.165) is 54.6 Å². The minimum absolute atomic E-state index is 0.147. The Morgan fingerprint density at radius 2 is 2.03 bits per heavy atom. The molecule has 1 aromatic carbocycles. The normalized spacial score (nSPS) is 13.1. The number of carbonyl (C=O) groups excluding carboxylic acids is 2. The molecule has 1 aliphatic rings. The summed E-state index contributed by atoms with van der Waals surface area (Å²) in [6, 6.07) is 8.01. The lowest BCUT2D eigenvalue weighted by Gasteiger charge is -2.10. The van der Waals surface area contributed by atoms with Crippen LogP contribution in [-0.2, 0) is 28.9 Å². The van der Waals surface area contributed by atoms with E-state index in [1.54, 1.807) is 13.0 Å². The van der Waals surface area contributed by atoms with E-state index in [1.807, 2.05) is 35.8 Å². The highest BCUT2D eigenvalue weighted by atomic mass is 32.2. The fourth-order valence-electron chi connectivity index (χ4n) is 4.25. The number of nitrogens with one attached hydrogen (secondary N) is 1. The molecule has 0 fully saturated rings. The first kappa shape index (κ1) is 25.2. The van der Waals surface area contributed by atoms with Crippen LogP contribution in [0.5, 0.6) is 0 Å². The first-order valence-electron chi connectivity index (χ1n) is 11.9. The number of carbonyl (C=O) groups is 2. The molecule has 0 spiro atoms. The average molecular weight is 511 g/mol. The number of fused-ring (bicyclic) bond motifs is 1. The van der Waals surface area contributed by atoms with Crippen molar-refractivity contribution in [1.82, 2.24) is 14.8 Å². The topological polar surface area (TPSA) is 86.1 Å². The van der Waals surface area contributed by atoms with E-state index in [-0.39, 0.29) is 17.6 Å². The van der Waals surface area contributed by atoms with Gasteiger partial charge in [0, 0.05) is 17.0 Å². The number of allylic oxidation sites excluding steroid dienone is 1. The number of esters is 1. The number of thiophene rings is 1. The van der Waals surface area contributed by atoms with Crippen LogP contribution in [0.25, 0.3) is 11.4 Å². The maximum absolute atomic E-state index is 12.9. The summed E-state index contributed by atoms with van der Waals surface area (Å²) < 4.78 is 7.28. The van der Waals surface area contributed by atoms with Gasteiger partial charge in [-0.25, -0.2) is 4.79 Å². The maximum Gasteiger partial charge on any atom is 0.341 e. The number of ether oxygens (including phenoxy) is 1. The van der Waals surface area contributed by atoms with Crippen LogP contribution in [0.3, 0.4) is 0 Å². The summed E-state index contributed by atoms with van der Waals surface area (Å²) in [5.74, 6) is 0.344. The molecule has 0 saturated heterocycles. The van der Waals surface area contributed by atoms with Crippen molar-refractivity contribution in [2.75, 3.05) is 17.7 Å². The zero-order valence-corrected chi connectivity index (χ0v) is 21.8. The van der Waals surface area contributed by atoms with Crippen LogP contribution in [-0.4, -0.2) is 39.0 Å². The second-order valence-corrected chi connectivity index (χ2v) is 10.4. The van der Waals surface area contributed by atoms with Gasteiger partial charge in [-0.05, 0) is 50.7 Å². The Labute approximate surface area is 214 Å². The number of anilines is 1. The van der Waals surface area contributed by atoms with Crippen molar-refractivity contribution < 1.29 is 14.3 Å².